The van der Waals surface area contributed by atoms with Crippen LogP contribution in [0.1, 0.15) is 43.0 Å². The lowest BCUT2D eigenvalue weighted by atomic mass is 10.2. The number of rotatable bonds is 13. The van der Waals surface area contributed by atoms with E-state index in [1.807, 2.05) is 6.92 Å². The van der Waals surface area contributed by atoms with Gasteiger partial charge in [0.2, 0.25) is 5.91 Å². The SMILES string of the molecule is CCCOC(=O)c1ccc(NC(=O)COC(=O)CCCC(=O)Nc2ccc(Oc3ccc(Cl)cc3Cl)cc2)cc1. The van der Waals surface area contributed by atoms with Crippen LogP contribution in [0.4, 0.5) is 11.4 Å². The van der Waals surface area contributed by atoms with Gasteiger partial charge in [0.1, 0.15) is 11.5 Å². The molecule has 0 bridgehead atoms. The molecule has 0 radical (unpaired) electrons. The summed E-state index contributed by atoms with van der Waals surface area (Å²) >= 11 is 12.0. The van der Waals surface area contributed by atoms with E-state index < -0.39 is 24.5 Å². The van der Waals surface area contributed by atoms with E-state index in [1.54, 1.807) is 54.6 Å². The molecule has 210 valence electrons. The van der Waals surface area contributed by atoms with Crippen molar-refractivity contribution in [2.24, 2.45) is 0 Å². The van der Waals surface area contributed by atoms with Crippen molar-refractivity contribution in [2.45, 2.75) is 32.6 Å². The number of carbonyl (C=O) groups is 4. The van der Waals surface area contributed by atoms with Gasteiger partial charge in [0.15, 0.2) is 6.61 Å². The Morgan fingerprint density at radius 2 is 1.43 bits per heavy atom. The summed E-state index contributed by atoms with van der Waals surface area (Å²) in [6, 6.07) is 17.8. The highest BCUT2D eigenvalue weighted by Crippen LogP contribution is 2.32. The third kappa shape index (κ3) is 10.2. The Bertz CT molecular complexity index is 1330. The summed E-state index contributed by atoms with van der Waals surface area (Å²) in [7, 11) is 0. The van der Waals surface area contributed by atoms with Crippen LogP contribution >= 0.6 is 23.2 Å². The predicted molar refractivity (Wildman–Crippen MR) is 152 cm³/mol. The standard InChI is InChI=1S/C29H28Cl2N2O7/c1-2-16-38-29(37)19-6-9-21(10-7-19)33-27(35)18-39-28(36)5-3-4-26(34)32-22-11-13-23(14-12-22)40-25-15-8-20(30)17-24(25)31/h6-15,17H,2-5,16,18H2,1H3,(H,32,34)(H,33,35). The first-order valence-electron chi connectivity index (χ1n) is 12.5. The number of carbonyl (C=O) groups excluding carboxylic acids is 4. The van der Waals surface area contributed by atoms with Crippen LogP contribution in [0, 0.1) is 0 Å². The van der Waals surface area contributed by atoms with Crippen LogP contribution in [-0.2, 0) is 23.9 Å². The van der Waals surface area contributed by atoms with Gasteiger partial charge in [-0.05, 0) is 79.6 Å². The smallest absolute Gasteiger partial charge is 0.338 e. The van der Waals surface area contributed by atoms with E-state index in [4.69, 9.17) is 37.4 Å². The normalized spacial score (nSPS) is 10.4. The molecule has 0 atom stereocenters. The summed E-state index contributed by atoms with van der Waals surface area (Å²) in [5.74, 6) is -0.865. The Hall–Kier alpha value is -4.08. The molecule has 2 amide bonds. The van der Waals surface area contributed by atoms with Crippen molar-refractivity contribution in [1.29, 1.82) is 0 Å². The first-order chi connectivity index (χ1) is 19.2. The van der Waals surface area contributed by atoms with Crippen LogP contribution in [0.3, 0.4) is 0 Å². The van der Waals surface area contributed by atoms with Crippen molar-refractivity contribution in [3.05, 3.63) is 82.3 Å². The molecule has 11 heteroatoms. The number of hydrogen-bond acceptors (Lipinski definition) is 7. The molecular formula is C29H28Cl2N2O7. The van der Waals surface area contributed by atoms with Gasteiger partial charge < -0.3 is 24.8 Å². The minimum Gasteiger partial charge on any atom is -0.462 e. The lowest BCUT2D eigenvalue weighted by Gasteiger charge is -2.10. The van der Waals surface area contributed by atoms with E-state index in [0.717, 1.165) is 6.42 Å². The van der Waals surface area contributed by atoms with Gasteiger partial charge >= 0.3 is 11.9 Å². The maximum atomic E-state index is 12.2. The van der Waals surface area contributed by atoms with Crippen molar-refractivity contribution in [3.63, 3.8) is 0 Å². The zero-order valence-corrected chi connectivity index (χ0v) is 23.2. The van der Waals surface area contributed by atoms with E-state index in [9.17, 15) is 19.2 Å². The summed E-state index contributed by atoms with van der Waals surface area (Å²) in [6.07, 6.45) is 1.04. The number of anilines is 2. The number of hydrogen-bond donors (Lipinski definition) is 2. The largest absolute Gasteiger partial charge is 0.462 e. The summed E-state index contributed by atoms with van der Waals surface area (Å²) < 4.78 is 15.7. The van der Waals surface area contributed by atoms with Crippen molar-refractivity contribution in [1.82, 2.24) is 0 Å². The molecule has 0 aliphatic heterocycles. The molecule has 0 aromatic heterocycles. The molecule has 9 nitrogen and oxygen atoms in total. The van der Waals surface area contributed by atoms with Gasteiger partial charge in [0.05, 0.1) is 17.2 Å². The van der Waals surface area contributed by atoms with Crippen molar-refractivity contribution >= 4 is 58.3 Å². The topological polar surface area (TPSA) is 120 Å². The van der Waals surface area contributed by atoms with Crippen molar-refractivity contribution in [2.75, 3.05) is 23.8 Å². The fourth-order valence-corrected chi connectivity index (χ4v) is 3.74. The number of ether oxygens (including phenoxy) is 3. The van der Waals surface area contributed by atoms with Crippen molar-refractivity contribution in [3.8, 4) is 11.5 Å². The molecule has 2 N–H and O–H groups in total. The van der Waals surface area contributed by atoms with Gasteiger partial charge in [-0.15, -0.1) is 0 Å². The fraction of sp³-hybridized carbons (Fsp3) is 0.241. The van der Waals surface area contributed by atoms with E-state index in [1.165, 1.54) is 12.1 Å². The van der Waals surface area contributed by atoms with Crippen LogP contribution in [0.25, 0.3) is 0 Å². The lowest BCUT2D eigenvalue weighted by molar-refractivity contribution is -0.147. The molecule has 0 aliphatic rings. The minimum absolute atomic E-state index is 0.0239. The number of halogens is 2. The summed E-state index contributed by atoms with van der Waals surface area (Å²) in [5.41, 5.74) is 1.37. The average Bonchev–Trinajstić information content (AvgIpc) is 2.93. The average molecular weight is 587 g/mol. The second-order valence-corrected chi connectivity index (χ2v) is 9.37. The minimum atomic E-state index is -0.598. The molecule has 0 unspecified atom stereocenters. The van der Waals surface area contributed by atoms with Crippen LogP contribution in [0.2, 0.25) is 10.0 Å². The summed E-state index contributed by atoms with van der Waals surface area (Å²) in [4.78, 5) is 48.0. The monoisotopic (exact) mass is 586 g/mol. The van der Waals surface area contributed by atoms with Gasteiger partial charge in [-0.1, -0.05) is 30.1 Å². The zero-order chi connectivity index (χ0) is 28.9. The van der Waals surface area contributed by atoms with Gasteiger partial charge in [0.25, 0.3) is 5.91 Å². The van der Waals surface area contributed by atoms with E-state index in [0.29, 0.717) is 45.1 Å². The first kappa shape index (κ1) is 30.5. The molecule has 0 heterocycles. The first-order valence-corrected chi connectivity index (χ1v) is 13.2. The Morgan fingerprint density at radius 3 is 2.08 bits per heavy atom. The molecule has 0 aliphatic carbocycles. The second kappa shape index (κ2) is 15.5. The third-order valence-electron chi connectivity index (χ3n) is 5.25. The Kier molecular flexibility index (Phi) is 11.8. The molecule has 3 rings (SSSR count). The number of benzene rings is 3. The van der Waals surface area contributed by atoms with E-state index >= 15 is 0 Å². The zero-order valence-electron chi connectivity index (χ0n) is 21.7. The number of amides is 2. The summed E-state index contributed by atoms with van der Waals surface area (Å²) in [5, 5.41) is 6.19. The molecule has 0 saturated carbocycles. The van der Waals surface area contributed by atoms with E-state index in [-0.39, 0.29) is 25.2 Å². The highest BCUT2D eigenvalue weighted by Gasteiger charge is 2.11. The maximum Gasteiger partial charge on any atom is 0.338 e. The predicted octanol–water partition coefficient (Wildman–Crippen LogP) is 6.64. The van der Waals surface area contributed by atoms with Crippen LogP contribution in [-0.4, -0.2) is 37.0 Å². The number of esters is 2. The Morgan fingerprint density at radius 1 is 0.775 bits per heavy atom. The fourth-order valence-electron chi connectivity index (χ4n) is 3.29. The molecule has 3 aromatic carbocycles. The van der Waals surface area contributed by atoms with E-state index in [2.05, 4.69) is 10.6 Å². The molecule has 0 spiro atoms. The maximum absolute atomic E-state index is 12.2. The van der Waals surface area contributed by atoms with Gasteiger partial charge in [-0.2, -0.15) is 0 Å². The molecule has 0 saturated heterocycles. The molecular weight excluding hydrogens is 559 g/mol. The summed E-state index contributed by atoms with van der Waals surface area (Å²) in [6.45, 7) is 1.76. The second-order valence-electron chi connectivity index (χ2n) is 8.53. The lowest BCUT2D eigenvalue weighted by Crippen LogP contribution is -2.21. The Labute approximate surface area is 241 Å². The van der Waals surface area contributed by atoms with Gasteiger partial charge in [0, 0.05) is 29.2 Å². The Balaban J connectivity index is 1.32. The molecule has 0 fully saturated rings. The van der Waals surface area contributed by atoms with Gasteiger partial charge in [-0.3, -0.25) is 14.4 Å². The third-order valence-corrected chi connectivity index (χ3v) is 5.78. The number of nitrogens with one attached hydrogen (secondary N) is 2. The van der Waals surface area contributed by atoms with Crippen LogP contribution in [0.15, 0.2) is 66.7 Å². The highest BCUT2D eigenvalue weighted by atomic mass is 35.5. The van der Waals surface area contributed by atoms with Crippen molar-refractivity contribution < 1.29 is 33.4 Å². The highest BCUT2D eigenvalue weighted by molar-refractivity contribution is 6.35. The molecule has 3 aromatic rings. The quantitative estimate of drug-likeness (QED) is 0.215. The van der Waals surface area contributed by atoms with Crippen LogP contribution in [0.5, 0.6) is 11.5 Å². The molecule has 40 heavy (non-hydrogen) atoms. The van der Waals surface area contributed by atoms with Crippen LogP contribution < -0.4 is 15.4 Å². The van der Waals surface area contributed by atoms with Gasteiger partial charge in [-0.25, -0.2) is 4.79 Å².